The highest BCUT2D eigenvalue weighted by molar-refractivity contribution is 9.10. The van der Waals surface area contributed by atoms with E-state index in [-0.39, 0.29) is 11.6 Å². The topological polar surface area (TPSA) is 60.2 Å². The molecule has 17 heavy (non-hydrogen) atoms. The summed E-state index contributed by atoms with van der Waals surface area (Å²) in [4.78, 5) is 4.14. The number of nitrogens with one attached hydrogen (secondary N) is 1. The molecule has 1 rings (SSSR count). The van der Waals surface area contributed by atoms with Crippen molar-refractivity contribution in [2.75, 3.05) is 6.61 Å². The molecule has 0 saturated heterocycles. The molecule has 4 nitrogen and oxygen atoms in total. The van der Waals surface area contributed by atoms with E-state index in [9.17, 15) is 0 Å². The molecule has 96 valence electrons. The van der Waals surface area contributed by atoms with Crippen molar-refractivity contribution in [3.8, 4) is 0 Å². The van der Waals surface area contributed by atoms with Crippen LogP contribution >= 0.6 is 15.9 Å². The molecular weight excluding hydrogens is 282 g/mol. The molecule has 5 heteroatoms. The molecule has 0 aliphatic heterocycles. The van der Waals surface area contributed by atoms with Crippen molar-refractivity contribution in [1.29, 1.82) is 0 Å². The van der Waals surface area contributed by atoms with Crippen molar-refractivity contribution in [2.24, 2.45) is 5.84 Å². The second kappa shape index (κ2) is 6.44. The predicted molar refractivity (Wildman–Crippen MR) is 72.5 cm³/mol. The van der Waals surface area contributed by atoms with Gasteiger partial charge in [0.15, 0.2) is 0 Å². The standard InChI is InChI=1S/C12H20BrN3O/c1-4-17-12(2,3)11(16-14)6-9-5-10(13)8-15-7-9/h5,7-8,11,16H,4,6,14H2,1-3H3. The molecule has 1 atom stereocenters. The molecule has 0 bridgehead atoms. The first-order chi connectivity index (χ1) is 7.99. The van der Waals surface area contributed by atoms with Gasteiger partial charge in [-0.05, 0) is 54.8 Å². The summed E-state index contributed by atoms with van der Waals surface area (Å²) in [5.41, 5.74) is 3.63. The molecule has 3 N–H and O–H groups in total. The molecule has 0 spiro atoms. The highest BCUT2D eigenvalue weighted by Gasteiger charge is 2.29. The van der Waals surface area contributed by atoms with E-state index in [1.807, 2.05) is 33.0 Å². The van der Waals surface area contributed by atoms with E-state index in [4.69, 9.17) is 10.6 Å². The van der Waals surface area contributed by atoms with Crippen LogP contribution < -0.4 is 11.3 Å². The normalized spacial score (nSPS) is 13.7. The number of aromatic nitrogens is 1. The number of hydrogen-bond acceptors (Lipinski definition) is 4. The Morgan fingerprint density at radius 2 is 2.24 bits per heavy atom. The number of nitrogens with two attached hydrogens (primary N) is 1. The van der Waals surface area contributed by atoms with Crippen molar-refractivity contribution in [1.82, 2.24) is 10.4 Å². The molecule has 1 heterocycles. The fraction of sp³-hybridized carbons (Fsp3) is 0.583. The summed E-state index contributed by atoms with van der Waals surface area (Å²) in [6, 6.07) is 2.08. The summed E-state index contributed by atoms with van der Waals surface area (Å²) in [5, 5.41) is 0. The fourth-order valence-electron chi connectivity index (χ4n) is 1.78. The van der Waals surface area contributed by atoms with Crippen LogP contribution in [0.4, 0.5) is 0 Å². The van der Waals surface area contributed by atoms with Crippen LogP contribution in [-0.4, -0.2) is 23.2 Å². The molecule has 0 aliphatic rings. The number of hydrogen-bond donors (Lipinski definition) is 2. The Labute approximate surface area is 111 Å². The largest absolute Gasteiger partial charge is 0.374 e. The molecule has 0 aliphatic carbocycles. The number of halogens is 1. The number of rotatable bonds is 6. The summed E-state index contributed by atoms with van der Waals surface area (Å²) in [7, 11) is 0. The maximum absolute atomic E-state index is 5.71. The van der Waals surface area contributed by atoms with Crippen LogP contribution in [0.25, 0.3) is 0 Å². The van der Waals surface area contributed by atoms with Crippen LogP contribution in [0, 0.1) is 0 Å². The van der Waals surface area contributed by atoms with Gasteiger partial charge in [-0.3, -0.25) is 16.3 Å². The number of ether oxygens (including phenoxy) is 1. The zero-order valence-corrected chi connectivity index (χ0v) is 12.1. The average Bonchev–Trinajstić information content (AvgIpc) is 2.25. The Balaban J connectivity index is 2.76. The Kier molecular flexibility index (Phi) is 5.52. The summed E-state index contributed by atoms with van der Waals surface area (Å²) >= 11 is 3.41. The summed E-state index contributed by atoms with van der Waals surface area (Å²) in [6.07, 6.45) is 4.38. The number of nitrogens with zero attached hydrogens (tertiary/aromatic N) is 1. The van der Waals surface area contributed by atoms with Gasteiger partial charge in [0.2, 0.25) is 0 Å². The Bertz CT molecular complexity index is 357. The molecule has 0 aromatic carbocycles. The van der Waals surface area contributed by atoms with E-state index in [1.165, 1.54) is 0 Å². The average molecular weight is 302 g/mol. The van der Waals surface area contributed by atoms with Gasteiger partial charge in [-0.15, -0.1) is 0 Å². The van der Waals surface area contributed by atoms with E-state index in [0.29, 0.717) is 6.61 Å². The molecule has 0 saturated carbocycles. The Hall–Kier alpha value is -0.490. The minimum atomic E-state index is -0.314. The summed E-state index contributed by atoms with van der Waals surface area (Å²) in [6.45, 7) is 6.72. The molecule has 0 fully saturated rings. The minimum absolute atomic E-state index is 0.0403. The van der Waals surface area contributed by atoms with E-state index < -0.39 is 0 Å². The van der Waals surface area contributed by atoms with Gasteiger partial charge in [0.05, 0.1) is 11.6 Å². The Morgan fingerprint density at radius 1 is 1.53 bits per heavy atom. The zero-order chi connectivity index (χ0) is 12.9. The number of hydrazine groups is 1. The third-order valence-corrected chi connectivity index (χ3v) is 3.19. The van der Waals surface area contributed by atoms with Crippen LogP contribution in [0.2, 0.25) is 0 Å². The van der Waals surface area contributed by atoms with Gasteiger partial charge in [0.25, 0.3) is 0 Å². The third kappa shape index (κ3) is 4.35. The van der Waals surface area contributed by atoms with Crippen LogP contribution in [0.3, 0.4) is 0 Å². The number of pyridine rings is 1. The van der Waals surface area contributed by atoms with Gasteiger partial charge < -0.3 is 4.74 Å². The van der Waals surface area contributed by atoms with E-state index >= 15 is 0 Å². The van der Waals surface area contributed by atoms with Crippen molar-refractivity contribution in [2.45, 2.75) is 38.8 Å². The predicted octanol–water partition coefficient (Wildman–Crippen LogP) is 2.03. The molecule has 0 amide bonds. The lowest BCUT2D eigenvalue weighted by atomic mass is 9.93. The lowest BCUT2D eigenvalue weighted by molar-refractivity contribution is -0.0381. The quantitative estimate of drug-likeness (QED) is 0.623. The van der Waals surface area contributed by atoms with Crippen LogP contribution in [-0.2, 0) is 11.2 Å². The highest BCUT2D eigenvalue weighted by Crippen LogP contribution is 2.19. The monoisotopic (exact) mass is 301 g/mol. The highest BCUT2D eigenvalue weighted by atomic mass is 79.9. The van der Waals surface area contributed by atoms with E-state index in [0.717, 1.165) is 16.5 Å². The van der Waals surface area contributed by atoms with Gasteiger partial charge in [-0.1, -0.05) is 0 Å². The second-order valence-corrected chi connectivity index (χ2v) is 5.39. The first-order valence-corrected chi connectivity index (χ1v) is 6.48. The van der Waals surface area contributed by atoms with Gasteiger partial charge >= 0.3 is 0 Å². The van der Waals surface area contributed by atoms with Crippen LogP contribution in [0.1, 0.15) is 26.3 Å². The van der Waals surface area contributed by atoms with Crippen LogP contribution in [0.5, 0.6) is 0 Å². The first kappa shape index (κ1) is 14.6. The van der Waals surface area contributed by atoms with Crippen molar-refractivity contribution >= 4 is 15.9 Å². The van der Waals surface area contributed by atoms with Crippen molar-refractivity contribution in [3.05, 3.63) is 28.5 Å². The molecule has 1 aromatic rings. The van der Waals surface area contributed by atoms with Crippen molar-refractivity contribution < 1.29 is 4.74 Å². The SMILES string of the molecule is CCOC(C)(C)C(Cc1cncc(Br)c1)NN. The molecule has 1 unspecified atom stereocenters. The van der Waals surface area contributed by atoms with Crippen molar-refractivity contribution in [3.63, 3.8) is 0 Å². The molecular formula is C12H20BrN3O. The van der Waals surface area contributed by atoms with Crippen LogP contribution in [0.15, 0.2) is 22.9 Å². The molecule has 1 aromatic heterocycles. The smallest absolute Gasteiger partial charge is 0.0795 e. The second-order valence-electron chi connectivity index (χ2n) is 4.47. The lowest BCUT2D eigenvalue weighted by Crippen LogP contribution is -2.52. The first-order valence-electron chi connectivity index (χ1n) is 5.69. The van der Waals surface area contributed by atoms with E-state index in [1.54, 1.807) is 6.20 Å². The summed E-state index contributed by atoms with van der Waals surface area (Å²) < 4.78 is 6.68. The zero-order valence-electron chi connectivity index (χ0n) is 10.5. The van der Waals surface area contributed by atoms with E-state index in [2.05, 4.69) is 26.3 Å². The van der Waals surface area contributed by atoms with Gasteiger partial charge in [0.1, 0.15) is 0 Å². The fourth-order valence-corrected chi connectivity index (χ4v) is 2.19. The van der Waals surface area contributed by atoms with Gasteiger partial charge in [0, 0.05) is 23.5 Å². The third-order valence-electron chi connectivity index (χ3n) is 2.76. The Morgan fingerprint density at radius 3 is 2.76 bits per heavy atom. The maximum atomic E-state index is 5.71. The summed E-state index contributed by atoms with van der Waals surface area (Å²) in [5.74, 6) is 5.61. The molecule has 0 radical (unpaired) electrons. The minimum Gasteiger partial charge on any atom is -0.374 e. The van der Waals surface area contributed by atoms with Gasteiger partial charge in [-0.2, -0.15) is 0 Å². The van der Waals surface area contributed by atoms with Gasteiger partial charge in [-0.25, -0.2) is 0 Å². The maximum Gasteiger partial charge on any atom is 0.0795 e. The lowest BCUT2D eigenvalue weighted by Gasteiger charge is -2.33.